The molecule has 1 amide bonds. The summed E-state index contributed by atoms with van der Waals surface area (Å²) in [6.45, 7) is 11.7. The highest BCUT2D eigenvalue weighted by molar-refractivity contribution is 5.94. The maximum atomic E-state index is 11.8. The van der Waals surface area contributed by atoms with Gasteiger partial charge in [-0.3, -0.25) is 9.79 Å². The van der Waals surface area contributed by atoms with Gasteiger partial charge >= 0.3 is 0 Å². The van der Waals surface area contributed by atoms with Gasteiger partial charge in [0.2, 0.25) is 0 Å². The van der Waals surface area contributed by atoms with Gasteiger partial charge in [0.05, 0.1) is 0 Å². The number of nitrogens with one attached hydrogen (secondary N) is 3. The van der Waals surface area contributed by atoms with Crippen molar-refractivity contribution in [2.75, 3.05) is 39.8 Å². The highest BCUT2D eigenvalue weighted by Crippen LogP contribution is 2.12. The van der Waals surface area contributed by atoms with Gasteiger partial charge in [0.1, 0.15) is 0 Å². The SMILES string of the molecule is CCNC(=NCCc1cccc(C(=O)NC)c1)NC1CCN(CC(C)C)CC1. The number of hydrogen-bond donors (Lipinski definition) is 3. The van der Waals surface area contributed by atoms with Crippen molar-refractivity contribution in [3.8, 4) is 0 Å². The first-order valence-corrected chi connectivity index (χ1v) is 10.6. The number of aliphatic imine (C=N–C) groups is 1. The highest BCUT2D eigenvalue weighted by atomic mass is 16.1. The van der Waals surface area contributed by atoms with Crippen LogP contribution in [0.4, 0.5) is 0 Å². The lowest BCUT2D eigenvalue weighted by Gasteiger charge is -2.34. The second-order valence-corrected chi connectivity index (χ2v) is 7.90. The van der Waals surface area contributed by atoms with Crippen LogP contribution in [0.25, 0.3) is 0 Å². The Balaban J connectivity index is 1.85. The Kier molecular flexibility index (Phi) is 9.28. The van der Waals surface area contributed by atoms with E-state index >= 15 is 0 Å². The zero-order chi connectivity index (χ0) is 20.4. The summed E-state index contributed by atoms with van der Waals surface area (Å²) in [5, 5.41) is 9.63. The summed E-state index contributed by atoms with van der Waals surface area (Å²) < 4.78 is 0. The molecule has 1 aromatic carbocycles. The number of piperidine rings is 1. The first-order valence-electron chi connectivity index (χ1n) is 10.6. The Labute approximate surface area is 170 Å². The molecule has 0 saturated carbocycles. The molecule has 1 heterocycles. The number of carbonyl (C=O) groups excluding carboxylic acids is 1. The second kappa shape index (κ2) is 11.7. The molecule has 0 aromatic heterocycles. The fourth-order valence-corrected chi connectivity index (χ4v) is 3.60. The van der Waals surface area contributed by atoms with E-state index in [9.17, 15) is 4.79 Å². The quantitative estimate of drug-likeness (QED) is 0.473. The molecule has 0 bridgehead atoms. The molecule has 0 aliphatic carbocycles. The smallest absolute Gasteiger partial charge is 0.251 e. The first kappa shape index (κ1) is 22.2. The Morgan fingerprint density at radius 1 is 1.29 bits per heavy atom. The number of carbonyl (C=O) groups is 1. The van der Waals surface area contributed by atoms with E-state index in [1.807, 2.05) is 24.3 Å². The van der Waals surface area contributed by atoms with Gasteiger partial charge in [-0.05, 0) is 49.8 Å². The number of amides is 1. The van der Waals surface area contributed by atoms with Crippen molar-refractivity contribution in [2.45, 2.75) is 46.1 Å². The van der Waals surface area contributed by atoms with Crippen LogP contribution < -0.4 is 16.0 Å². The third kappa shape index (κ3) is 7.50. The van der Waals surface area contributed by atoms with E-state index in [-0.39, 0.29) is 5.91 Å². The highest BCUT2D eigenvalue weighted by Gasteiger charge is 2.20. The van der Waals surface area contributed by atoms with Crippen molar-refractivity contribution < 1.29 is 4.79 Å². The number of benzene rings is 1. The fraction of sp³-hybridized carbons (Fsp3) is 0.636. The molecular formula is C22H37N5O. The maximum Gasteiger partial charge on any atom is 0.251 e. The van der Waals surface area contributed by atoms with E-state index in [2.05, 4.69) is 41.6 Å². The monoisotopic (exact) mass is 387 g/mol. The number of hydrogen-bond acceptors (Lipinski definition) is 3. The summed E-state index contributed by atoms with van der Waals surface area (Å²) in [5.41, 5.74) is 1.82. The molecule has 156 valence electrons. The lowest BCUT2D eigenvalue weighted by Crippen LogP contribution is -2.49. The molecule has 1 fully saturated rings. The fourth-order valence-electron chi connectivity index (χ4n) is 3.60. The second-order valence-electron chi connectivity index (χ2n) is 7.90. The number of nitrogens with zero attached hydrogens (tertiary/aromatic N) is 2. The zero-order valence-electron chi connectivity index (χ0n) is 17.9. The summed E-state index contributed by atoms with van der Waals surface area (Å²) in [6.07, 6.45) is 3.13. The minimum atomic E-state index is -0.0517. The number of rotatable bonds is 8. The minimum Gasteiger partial charge on any atom is -0.357 e. The van der Waals surface area contributed by atoms with E-state index < -0.39 is 0 Å². The molecule has 6 heteroatoms. The van der Waals surface area contributed by atoms with Crippen LogP contribution >= 0.6 is 0 Å². The van der Waals surface area contributed by atoms with Gasteiger partial charge in [-0.1, -0.05) is 26.0 Å². The van der Waals surface area contributed by atoms with Gasteiger partial charge in [0.25, 0.3) is 5.91 Å². The van der Waals surface area contributed by atoms with E-state index in [0.717, 1.165) is 56.3 Å². The van der Waals surface area contributed by atoms with Crippen LogP contribution in [-0.4, -0.2) is 62.6 Å². The molecule has 0 spiro atoms. The van der Waals surface area contributed by atoms with Crippen LogP contribution in [0, 0.1) is 5.92 Å². The zero-order valence-corrected chi connectivity index (χ0v) is 17.9. The third-order valence-corrected chi connectivity index (χ3v) is 4.98. The molecule has 1 saturated heterocycles. The van der Waals surface area contributed by atoms with Crippen LogP contribution in [0.15, 0.2) is 29.3 Å². The van der Waals surface area contributed by atoms with E-state index in [0.29, 0.717) is 18.2 Å². The average Bonchev–Trinajstić information content (AvgIpc) is 2.69. The summed E-state index contributed by atoms with van der Waals surface area (Å²) >= 11 is 0. The van der Waals surface area contributed by atoms with Crippen LogP contribution in [-0.2, 0) is 6.42 Å². The van der Waals surface area contributed by atoms with Gasteiger partial charge in [0.15, 0.2) is 5.96 Å². The third-order valence-electron chi connectivity index (χ3n) is 4.98. The van der Waals surface area contributed by atoms with Crippen molar-refractivity contribution in [3.05, 3.63) is 35.4 Å². The Bertz CT molecular complexity index is 636. The summed E-state index contributed by atoms with van der Waals surface area (Å²) in [4.78, 5) is 19.1. The van der Waals surface area contributed by atoms with Crippen LogP contribution in [0.2, 0.25) is 0 Å². The van der Waals surface area contributed by atoms with Gasteiger partial charge in [0, 0.05) is 51.4 Å². The van der Waals surface area contributed by atoms with Gasteiger partial charge in [-0.25, -0.2) is 0 Å². The van der Waals surface area contributed by atoms with Crippen molar-refractivity contribution in [2.24, 2.45) is 10.9 Å². The van der Waals surface area contributed by atoms with E-state index in [4.69, 9.17) is 4.99 Å². The van der Waals surface area contributed by atoms with E-state index in [1.165, 1.54) is 6.54 Å². The van der Waals surface area contributed by atoms with Crippen molar-refractivity contribution in [1.82, 2.24) is 20.9 Å². The molecule has 28 heavy (non-hydrogen) atoms. The first-order chi connectivity index (χ1) is 13.5. The molecule has 3 N–H and O–H groups in total. The van der Waals surface area contributed by atoms with Crippen LogP contribution in [0.1, 0.15) is 49.5 Å². The van der Waals surface area contributed by atoms with Crippen molar-refractivity contribution in [1.29, 1.82) is 0 Å². The van der Waals surface area contributed by atoms with E-state index in [1.54, 1.807) is 7.05 Å². The van der Waals surface area contributed by atoms with Gasteiger partial charge in [-0.15, -0.1) is 0 Å². The lowest BCUT2D eigenvalue weighted by molar-refractivity contribution is 0.0963. The van der Waals surface area contributed by atoms with Crippen LogP contribution in [0.5, 0.6) is 0 Å². The lowest BCUT2D eigenvalue weighted by atomic mass is 10.0. The van der Waals surface area contributed by atoms with Crippen LogP contribution in [0.3, 0.4) is 0 Å². The van der Waals surface area contributed by atoms with Crippen molar-refractivity contribution in [3.63, 3.8) is 0 Å². The predicted octanol–water partition coefficient (Wildman–Crippen LogP) is 2.26. The Morgan fingerprint density at radius 2 is 2.04 bits per heavy atom. The predicted molar refractivity (Wildman–Crippen MR) is 117 cm³/mol. The standard InChI is InChI=1S/C22H37N5O/c1-5-24-22(26-20-10-13-27(14-11-20)16-17(2)3)25-12-9-18-7-6-8-19(15-18)21(28)23-4/h6-8,15,17,20H,5,9-14,16H2,1-4H3,(H,23,28)(H2,24,25,26). The van der Waals surface area contributed by atoms with Gasteiger partial charge in [-0.2, -0.15) is 0 Å². The average molecular weight is 388 g/mol. The minimum absolute atomic E-state index is 0.0517. The molecule has 1 aliphatic heterocycles. The summed E-state index contributed by atoms with van der Waals surface area (Å²) in [7, 11) is 1.65. The summed E-state index contributed by atoms with van der Waals surface area (Å²) in [6, 6.07) is 8.24. The largest absolute Gasteiger partial charge is 0.357 e. The Morgan fingerprint density at radius 3 is 2.68 bits per heavy atom. The molecule has 0 radical (unpaired) electrons. The molecule has 0 atom stereocenters. The Hall–Kier alpha value is -2.08. The van der Waals surface area contributed by atoms with Crippen molar-refractivity contribution >= 4 is 11.9 Å². The normalized spacial score (nSPS) is 16.2. The molecule has 0 unspecified atom stereocenters. The molecular weight excluding hydrogens is 350 g/mol. The summed E-state index contributed by atoms with van der Waals surface area (Å²) in [5.74, 6) is 1.57. The van der Waals surface area contributed by atoms with Gasteiger partial charge < -0.3 is 20.9 Å². The molecule has 1 aliphatic rings. The molecule has 6 nitrogen and oxygen atoms in total. The number of guanidine groups is 1. The number of likely N-dealkylation sites (tertiary alicyclic amines) is 1. The topological polar surface area (TPSA) is 68.8 Å². The maximum absolute atomic E-state index is 11.8. The molecule has 1 aromatic rings. The molecule has 2 rings (SSSR count).